The Labute approximate surface area is 141 Å². The van der Waals surface area contributed by atoms with Crippen molar-refractivity contribution in [2.24, 2.45) is 0 Å². The van der Waals surface area contributed by atoms with Gasteiger partial charge >= 0.3 is 0 Å². The van der Waals surface area contributed by atoms with Crippen LogP contribution >= 0.6 is 23.1 Å². The lowest BCUT2D eigenvalue weighted by Crippen LogP contribution is -2.14. The number of nitrogens with one attached hydrogen (secondary N) is 1. The molecular weight excluding hydrogens is 328 g/mol. The van der Waals surface area contributed by atoms with Gasteiger partial charge in [0.15, 0.2) is 0 Å². The topological polar surface area (TPSA) is 70.7 Å². The van der Waals surface area contributed by atoms with Crippen molar-refractivity contribution >= 4 is 34.8 Å². The van der Waals surface area contributed by atoms with Gasteiger partial charge in [0.2, 0.25) is 0 Å². The summed E-state index contributed by atoms with van der Waals surface area (Å²) >= 11 is 2.76. The summed E-state index contributed by atoms with van der Waals surface area (Å²) in [5.41, 5.74) is 1.36. The van der Waals surface area contributed by atoms with Crippen LogP contribution in [0, 0.1) is 11.3 Å². The number of aromatic nitrogens is 2. The molecule has 0 radical (unpaired) electrons. The molecule has 0 saturated carbocycles. The number of benzene rings is 1. The van der Waals surface area contributed by atoms with Gasteiger partial charge in [-0.3, -0.25) is 4.79 Å². The molecule has 23 heavy (non-hydrogen) atoms. The zero-order chi connectivity index (χ0) is 16.2. The first-order chi connectivity index (χ1) is 11.2. The van der Waals surface area contributed by atoms with Gasteiger partial charge in [0, 0.05) is 5.38 Å². The van der Waals surface area contributed by atoms with Gasteiger partial charge in [0.25, 0.3) is 5.91 Å². The van der Waals surface area contributed by atoms with Crippen LogP contribution in [0.5, 0.6) is 0 Å². The molecule has 0 saturated heterocycles. The molecule has 114 valence electrons. The van der Waals surface area contributed by atoms with Gasteiger partial charge in [-0.05, 0) is 24.5 Å². The van der Waals surface area contributed by atoms with Gasteiger partial charge < -0.3 is 5.32 Å². The third-order valence-corrected chi connectivity index (χ3v) is 4.81. The van der Waals surface area contributed by atoms with E-state index in [1.807, 2.05) is 42.7 Å². The average molecular weight is 340 g/mol. The van der Waals surface area contributed by atoms with Gasteiger partial charge in [-0.25, -0.2) is 4.68 Å². The van der Waals surface area contributed by atoms with Gasteiger partial charge in [0.05, 0.1) is 27.2 Å². The van der Waals surface area contributed by atoms with E-state index >= 15 is 0 Å². The highest BCUT2D eigenvalue weighted by Gasteiger charge is 2.17. The van der Waals surface area contributed by atoms with Gasteiger partial charge in [-0.15, -0.1) is 23.1 Å². The number of thiophene rings is 1. The molecule has 1 amide bonds. The van der Waals surface area contributed by atoms with Crippen molar-refractivity contribution in [3.8, 4) is 11.8 Å². The van der Waals surface area contributed by atoms with Gasteiger partial charge in [-0.2, -0.15) is 10.4 Å². The maximum atomic E-state index is 12.4. The van der Waals surface area contributed by atoms with Crippen LogP contribution in [0.4, 0.5) is 5.82 Å². The van der Waals surface area contributed by atoms with Crippen molar-refractivity contribution in [1.29, 1.82) is 5.26 Å². The van der Waals surface area contributed by atoms with E-state index in [-0.39, 0.29) is 5.91 Å². The fourth-order valence-electron chi connectivity index (χ4n) is 2.05. The van der Waals surface area contributed by atoms with Gasteiger partial charge in [0.1, 0.15) is 11.9 Å². The fraction of sp³-hybridized carbons (Fsp3) is 0.0625. The molecule has 0 fully saturated rings. The van der Waals surface area contributed by atoms with Crippen LogP contribution < -0.4 is 5.32 Å². The molecule has 0 unspecified atom stereocenters. The van der Waals surface area contributed by atoms with Crippen molar-refractivity contribution < 1.29 is 4.79 Å². The third kappa shape index (κ3) is 3.13. The molecule has 1 aromatic carbocycles. The first-order valence-corrected chi connectivity index (χ1v) is 8.81. The molecule has 0 bridgehead atoms. The monoisotopic (exact) mass is 340 g/mol. The van der Waals surface area contributed by atoms with E-state index < -0.39 is 0 Å². The number of carbonyl (C=O) groups excluding carboxylic acids is 1. The van der Waals surface area contributed by atoms with E-state index in [0.29, 0.717) is 16.3 Å². The largest absolute Gasteiger partial charge is 0.305 e. The molecule has 3 aromatic rings. The number of nitrogens with zero attached hydrogens (tertiary/aromatic N) is 3. The summed E-state index contributed by atoms with van der Waals surface area (Å²) in [6.07, 6.45) is 3.66. The quantitative estimate of drug-likeness (QED) is 0.734. The predicted octanol–water partition coefficient (Wildman–Crippen LogP) is 3.78. The van der Waals surface area contributed by atoms with Crippen molar-refractivity contribution in [3.05, 3.63) is 58.4 Å². The summed E-state index contributed by atoms with van der Waals surface area (Å²) in [4.78, 5) is 13.8. The van der Waals surface area contributed by atoms with Crippen molar-refractivity contribution in [1.82, 2.24) is 9.78 Å². The first-order valence-electron chi connectivity index (χ1n) is 6.70. The Kier molecular flexibility index (Phi) is 4.46. The van der Waals surface area contributed by atoms with Crippen LogP contribution in [0.25, 0.3) is 5.69 Å². The van der Waals surface area contributed by atoms with E-state index in [0.717, 1.165) is 10.6 Å². The number of hydrogen-bond acceptors (Lipinski definition) is 5. The number of rotatable bonds is 4. The minimum absolute atomic E-state index is 0.246. The lowest BCUT2D eigenvalue weighted by atomic mass is 10.3. The number of hydrogen-bond donors (Lipinski definition) is 1. The first kappa shape index (κ1) is 15.3. The Morgan fingerprint density at radius 2 is 2.17 bits per heavy atom. The minimum atomic E-state index is -0.246. The predicted molar refractivity (Wildman–Crippen MR) is 92.3 cm³/mol. The molecule has 2 aromatic heterocycles. The molecular formula is C16H12N4OS2. The third-order valence-electron chi connectivity index (χ3n) is 3.14. The lowest BCUT2D eigenvalue weighted by molar-refractivity contribution is 0.102. The summed E-state index contributed by atoms with van der Waals surface area (Å²) in [7, 11) is 0. The Bertz CT molecular complexity index is 877. The lowest BCUT2D eigenvalue weighted by Gasteiger charge is -2.09. The van der Waals surface area contributed by atoms with E-state index in [9.17, 15) is 4.79 Å². The second-order valence-electron chi connectivity index (χ2n) is 4.57. The SMILES string of the molecule is CSc1cnn(-c2ccccc2)c1NC(=O)c1cc(C#N)cs1. The van der Waals surface area contributed by atoms with Crippen molar-refractivity contribution in [3.63, 3.8) is 0 Å². The van der Waals surface area contributed by atoms with Crippen molar-refractivity contribution in [2.45, 2.75) is 4.90 Å². The average Bonchev–Trinajstić information content (AvgIpc) is 3.22. The molecule has 0 aliphatic carbocycles. The summed E-state index contributed by atoms with van der Waals surface area (Å²) in [6, 6.07) is 13.2. The Hall–Kier alpha value is -2.56. The molecule has 0 atom stereocenters. The molecule has 0 spiro atoms. The Morgan fingerprint density at radius 3 is 2.83 bits per heavy atom. The Balaban J connectivity index is 1.94. The van der Waals surface area contributed by atoms with Crippen LogP contribution in [-0.2, 0) is 0 Å². The minimum Gasteiger partial charge on any atom is -0.305 e. The van der Waals surface area contributed by atoms with Gasteiger partial charge in [-0.1, -0.05) is 18.2 Å². The normalized spacial score (nSPS) is 10.3. The summed E-state index contributed by atoms with van der Waals surface area (Å²) in [6.45, 7) is 0. The molecule has 3 rings (SSSR count). The Morgan fingerprint density at radius 1 is 1.39 bits per heavy atom. The van der Waals surface area contributed by atoms with Crippen LogP contribution in [0.3, 0.4) is 0 Å². The van der Waals surface area contributed by atoms with Crippen LogP contribution in [-0.4, -0.2) is 21.9 Å². The molecule has 0 aliphatic heterocycles. The van der Waals surface area contributed by atoms with E-state index in [4.69, 9.17) is 5.26 Å². The van der Waals surface area contributed by atoms with Crippen LogP contribution in [0.2, 0.25) is 0 Å². The summed E-state index contributed by atoms with van der Waals surface area (Å²) in [5, 5.41) is 17.8. The number of amides is 1. The van der Waals surface area contributed by atoms with E-state index in [1.54, 1.807) is 22.3 Å². The number of thioether (sulfide) groups is 1. The van der Waals surface area contributed by atoms with E-state index in [1.165, 1.54) is 23.1 Å². The van der Waals surface area contributed by atoms with Crippen LogP contribution in [0.1, 0.15) is 15.2 Å². The number of carbonyl (C=O) groups is 1. The number of nitriles is 1. The van der Waals surface area contributed by atoms with E-state index in [2.05, 4.69) is 10.4 Å². The molecule has 0 aliphatic rings. The zero-order valence-electron chi connectivity index (χ0n) is 12.2. The smallest absolute Gasteiger partial charge is 0.266 e. The molecule has 1 N–H and O–H groups in total. The highest BCUT2D eigenvalue weighted by Crippen LogP contribution is 2.28. The van der Waals surface area contributed by atoms with Crippen molar-refractivity contribution in [2.75, 3.05) is 11.6 Å². The summed E-state index contributed by atoms with van der Waals surface area (Å²) < 4.78 is 1.70. The number of para-hydroxylation sites is 1. The highest BCUT2D eigenvalue weighted by atomic mass is 32.2. The molecule has 5 nitrogen and oxygen atoms in total. The second kappa shape index (κ2) is 6.69. The standard InChI is InChI=1S/C16H12N4OS2/c1-22-14-9-18-20(12-5-3-2-4-6-12)15(14)19-16(21)13-7-11(8-17)10-23-13/h2-7,9-10H,1H3,(H,19,21). The second-order valence-corrected chi connectivity index (χ2v) is 6.33. The highest BCUT2D eigenvalue weighted by molar-refractivity contribution is 7.98. The molecule has 2 heterocycles. The maximum absolute atomic E-state index is 12.4. The summed E-state index contributed by atoms with van der Waals surface area (Å²) in [5.74, 6) is 0.380. The maximum Gasteiger partial charge on any atom is 0.266 e. The molecule has 7 heteroatoms. The zero-order valence-corrected chi connectivity index (χ0v) is 13.8. The number of anilines is 1. The fourth-order valence-corrected chi connectivity index (χ4v) is 3.26. The van der Waals surface area contributed by atoms with Crippen LogP contribution in [0.15, 0.2) is 52.9 Å².